The number of aromatic nitrogens is 3. The van der Waals surface area contributed by atoms with E-state index in [1.165, 1.54) is 0 Å². The van der Waals surface area contributed by atoms with Crippen molar-refractivity contribution in [2.24, 2.45) is 12.0 Å². The van der Waals surface area contributed by atoms with Gasteiger partial charge < -0.3 is 9.88 Å². The normalized spacial score (nSPS) is 15.6. The molecule has 0 saturated heterocycles. The summed E-state index contributed by atoms with van der Waals surface area (Å²) in [4.78, 5) is 9.91. The van der Waals surface area contributed by atoms with Crippen molar-refractivity contribution in [1.82, 2.24) is 14.8 Å². The van der Waals surface area contributed by atoms with Crippen molar-refractivity contribution in [2.75, 3.05) is 4.90 Å². The Morgan fingerprint density at radius 3 is 2.93 bits per heavy atom. The minimum absolute atomic E-state index is 0.220. The summed E-state index contributed by atoms with van der Waals surface area (Å²) in [7, 11) is 1.91. The fourth-order valence-electron chi connectivity index (χ4n) is 3.71. The van der Waals surface area contributed by atoms with E-state index in [0.717, 1.165) is 33.8 Å². The molecular weight excluding hydrogens is 372 g/mol. The largest absolute Gasteiger partial charge is 0.345 e. The maximum atomic E-state index is 9.34. The summed E-state index contributed by atoms with van der Waals surface area (Å²) in [6, 6.07) is 17.3. The van der Waals surface area contributed by atoms with Crippen molar-refractivity contribution in [2.45, 2.75) is 6.04 Å². The molecule has 1 unspecified atom stereocenters. The lowest BCUT2D eigenvalue weighted by Gasteiger charge is -2.32. The molecule has 0 bridgehead atoms. The van der Waals surface area contributed by atoms with E-state index in [0.29, 0.717) is 10.6 Å². The van der Waals surface area contributed by atoms with Gasteiger partial charge in [-0.15, -0.1) is 0 Å². The van der Waals surface area contributed by atoms with Gasteiger partial charge in [0.05, 0.1) is 28.5 Å². The second kappa shape index (κ2) is 6.25. The quantitative estimate of drug-likeness (QED) is 0.525. The smallest absolute Gasteiger partial charge is 0.153 e. The Labute approximate surface area is 166 Å². The topological polar surface area (TPSA) is 73.0 Å². The highest BCUT2D eigenvalue weighted by Gasteiger charge is 2.31. The van der Waals surface area contributed by atoms with Crippen molar-refractivity contribution in [3.63, 3.8) is 0 Å². The van der Waals surface area contributed by atoms with Crippen molar-refractivity contribution in [3.05, 3.63) is 71.0 Å². The maximum Gasteiger partial charge on any atom is 0.153 e. The number of rotatable bonds is 2. The summed E-state index contributed by atoms with van der Waals surface area (Å²) in [5.74, 6) is 0.780. The van der Waals surface area contributed by atoms with Crippen LogP contribution in [0, 0.1) is 11.3 Å². The Kier molecular flexibility index (Phi) is 3.71. The fraction of sp³-hybridized carbons (Fsp3) is 0.0952. The predicted molar refractivity (Wildman–Crippen MR) is 111 cm³/mol. The molecule has 136 valence electrons. The lowest BCUT2D eigenvalue weighted by molar-refractivity contribution is 0.745. The van der Waals surface area contributed by atoms with Crippen molar-refractivity contribution in [1.29, 1.82) is 5.26 Å². The van der Waals surface area contributed by atoms with Crippen LogP contribution in [0.4, 0.5) is 17.2 Å². The minimum Gasteiger partial charge on any atom is -0.345 e. The summed E-state index contributed by atoms with van der Waals surface area (Å²) in [6.07, 6.45) is 3.75. The molecule has 1 aliphatic rings. The van der Waals surface area contributed by atoms with Crippen LogP contribution in [0.2, 0.25) is 5.02 Å². The van der Waals surface area contributed by atoms with E-state index < -0.39 is 0 Å². The number of anilines is 2. The number of fused-ring (bicyclic) bond motifs is 2. The van der Waals surface area contributed by atoms with Crippen molar-refractivity contribution >= 4 is 45.9 Å². The van der Waals surface area contributed by atoms with E-state index in [9.17, 15) is 5.26 Å². The second-order valence-corrected chi connectivity index (χ2v) is 7.07. The highest BCUT2D eigenvalue weighted by atomic mass is 35.5. The average molecular weight is 387 g/mol. The van der Waals surface area contributed by atoms with Crippen LogP contribution in [0.3, 0.4) is 0 Å². The van der Waals surface area contributed by atoms with E-state index in [2.05, 4.69) is 20.9 Å². The molecule has 6 nitrogen and oxygen atoms in total. The van der Waals surface area contributed by atoms with Crippen LogP contribution in [0.25, 0.3) is 10.9 Å². The van der Waals surface area contributed by atoms with Gasteiger partial charge in [0, 0.05) is 35.6 Å². The number of H-pyrrole nitrogens is 1. The molecule has 7 heteroatoms. The Morgan fingerprint density at radius 1 is 1.18 bits per heavy atom. The molecule has 2 aromatic carbocycles. The van der Waals surface area contributed by atoms with Gasteiger partial charge in [-0.1, -0.05) is 17.7 Å². The highest BCUT2D eigenvalue weighted by molar-refractivity contribution is 6.31. The molecule has 1 N–H and O–H groups in total. The highest BCUT2D eigenvalue weighted by Crippen LogP contribution is 2.43. The van der Waals surface area contributed by atoms with Crippen molar-refractivity contribution < 1.29 is 0 Å². The number of halogens is 1. The molecule has 0 fully saturated rings. The number of nitriles is 1. The number of hydrogen-bond acceptors (Lipinski definition) is 4. The first-order chi connectivity index (χ1) is 13.7. The summed E-state index contributed by atoms with van der Waals surface area (Å²) in [5.41, 5.74) is 4.29. The first-order valence-corrected chi connectivity index (χ1v) is 9.16. The third-order valence-corrected chi connectivity index (χ3v) is 5.20. The van der Waals surface area contributed by atoms with Crippen LogP contribution in [0.15, 0.2) is 59.7 Å². The lowest BCUT2D eigenvalue weighted by Crippen LogP contribution is -2.27. The number of nitrogens with one attached hydrogen (secondary N) is 1. The second-order valence-electron chi connectivity index (χ2n) is 6.64. The van der Waals surface area contributed by atoms with Crippen molar-refractivity contribution in [3.8, 4) is 6.07 Å². The molecule has 0 radical (unpaired) electrons. The third kappa shape index (κ3) is 2.48. The van der Waals surface area contributed by atoms with Gasteiger partial charge in [-0.25, -0.2) is 4.99 Å². The number of benzene rings is 2. The molecule has 2 aromatic heterocycles. The Hall–Kier alpha value is -3.56. The monoisotopic (exact) mass is 386 g/mol. The number of aromatic amines is 1. The number of aliphatic imine (C=N–C) groups is 1. The molecule has 0 aliphatic carbocycles. The SMILES string of the molecule is Cn1nc(C2C=Nc3[nH]ccc3N2c2cccc(C#N)c2)c2ccc(Cl)cc21. The predicted octanol–water partition coefficient (Wildman–Crippen LogP) is 5.02. The molecule has 0 spiro atoms. The number of hydrogen-bond donors (Lipinski definition) is 1. The van der Waals surface area contributed by atoms with Gasteiger partial charge >= 0.3 is 0 Å². The van der Waals surface area contributed by atoms with Crippen LogP contribution in [0.5, 0.6) is 0 Å². The number of nitrogens with zero attached hydrogens (tertiary/aromatic N) is 5. The molecule has 1 atom stereocenters. The zero-order valence-electron chi connectivity index (χ0n) is 15.0. The van der Waals surface area contributed by atoms with Crippen LogP contribution in [0.1, 0.15) is 17.3 Å². The molecule has 28 heavy (non-hydrogen) atoms. The summed E-state index contributed by atoms with van der Waals surface area (Å²) in [5, 5.41) is 15.8. The summed E-state index contributed by atoms with van der Waals surface area (Å²) in [6.45, 7) is 0. The third-order valence-electron chi connectivity index (χ3n) is 4.96. The van der Waals surface area contributed by atoms with Crippen LogP contribution < -0.4 is 4.90 Å². The maximum absolute atomic E-state index is 9.34. The Bertz CT molecular complexity index is 1280. The Morgan fingerprint density at radius 2 is 2.07 bits per heavy atom. The van der Waals surface area contributed by atoms with Gasteiger partial charge in [0.25, 0.3) is 0 Å². The van der Waals surface area contributed by atoms with E-state index in [1.807, 2.05) is 66.6 Å². The molecule has 0 saturated carbocycles. The molecule has 5 rings (SSSR count). The fourth-order valence-corrected chi connectivity index (χ4v) is 3.87. The van der Waals surface area contributed by atoms with E-state index in [-0.39, 0.29) is 6.04 Å². The van der Waals surface area contributed by atoms with Gasteiger partial charge in [-0.2, -0.15) is 10.4 Å². The molecule has 4 aromatic rings. The molecular formula is C21H15ClN6. The molecule has 3 heterocycles. The summed E-state index contributed by atoms with van der Waals surface area (Å²) >= 11 is 6.18. The van der Waals surface area contributed by atoms with E-state index in [1.54, 1.807) is 6.07 Å². The standard InChI is InChI=1S/C21H15ClN6/c1-27-18-10-14(22)5-6-16(18)20(26-27)19-12-25-21-17(7-8-24-21)28(19)15-4-2-3-13(9-15)11-23/h2-10,12,19,24H,1H3. The van der Waals surface area contributed by atoms with Gasteiger partial charge in [0.15, 0.2) is 5.82 Å². The zero-order chi connectivity index (χ0) is 19.3. The van der Waals surface area contributed by atoms with Crippen LogP contribution in [-0.4, -0.2) is 21.0 Å². The Balaban J connectivity index is 1.73. The van der Waals surface area contributed by atoms with Crippen LogP contribution >= 0.6 is 11.6 Å². The van der Waals surface area contributed by atoms with Gasteiger partial charge in [-0.3, -0.25) is 4.68 Å². The van der Waals surface area contributed by atoms with Crippen LogP contribution in [-0.2, 0) is 7.05 Å². The first-order valence-electron chi connectivity index (χ1n) is 8.79. The lowest BCUT2D eigenvalue weighted by atomic mass is 10.0. The zero-order valence-corrected chi connectivity index (χ0v) is 15.7. The summed E-state index contributed by atoms with van der Waals surface area (Å²) < 4.78 is 1.83. The van der Waals surface area contributed by atoms with Gasteiger partial charge in [0.1, 0.15) is 6.04 Å². The minimum atomic E-state index is -0.220. The van der Waals surface area contributed by atoms with Gasteiger partial charge in [0.2, 0.25) is 0 Å². The average Bonchev–Trinajstić information content (AvgIpc) is 3.32. The first kappa shape index (κ1) is 16.6. The van der Waals surface area contributed by atoms with Gasteiger partial charge in [-0.05, 0) is 42.5 Å². The number of aryl methyl sites for hydroxylation is 1. The van der Waals surface area contributed by atoms with E-state index in [4.69, 9.17) is 16.7 Å². The van der Waals surface area contributed by atoms with E-state index >= 15 is 0 Å². The molecule has 0 amide bonds. The molecule has 1 aliphatic heterocycles.